The molecule has 0 unspecified atom stereocenters. The molecule has 0 atom stereocenters. The molecule has 0 aliphatic rings. The molecule has 0 saturated heterocycles. The van der Waals surface area contributed by atoms with Crippen molar-refractivity contribution in [2.45, 2.75) is 37.5 Å². The Labute approximate surface area is 124 Å². The van der Waals surface area contributed by atoms with Gasteiger partial charge in [0.15, 0.2) is 0 Å². The zero-order valence-electron chi connectivity index (χ0n) is 12.4. The van der Waals surface area contributed by atoms with Crippen LogP contribution in [0.2, 0.25) is 0 Å². The molecule has 0 bridgehead atoms. The molecule has 2 N–H and O–H groups in total. The normalized spacial score (nSPS) is 11.6. The summed E-state index contributed by atoms with van der Waals surface area (Å²) in [5, 5.41) is 19.9. The summed E-state index contributed by atoms with van der Waals surface area (Å²) in [4.78, 5) is -0.0940. The van der Waals surface area contributed by atoms with Gasteiger partial charge >= 0.3 is 0 Å². The minimum atomic E-state index is -3.90. The van der Waals surface area contributed by atoms with E-state index in [1.165, 1.54) is 18.2 Å². The van der Waals surface area contributed by atoms with Gasteiger partial charge in [-0.2, -0.15) is 0 Å². The Morgan fingerprint density at radius 2 is 1.33 bits per heavy atom. The molecular weight excluding hydrogens is 288 g/mol. The van der Waals surface area contributed by atoms with Crippen molar-refractivity contribution in [2.75, 3.05) is 0 Å². The van der Waals surface area contributed by atoms with Crippen molar-refractivity contribution >= 4 is 9.84 Å². The molecule has 2 aromatic carbocycles. The monoisotopic (exact) mass is 306 g/mol. The molecule has 0 saturated carbocycles. The Hall–Kier alpha value is -2.01. The van der Waals surface area contributed by atoms with Crippen LogP contribution in [0.3, 0.4) is 0 Å². The van der Waals surface area contributed by atoms with E-state index < -0.39 is 9.84 Å². The Kier molecular flexibility index (Phi) is 3.72. The minimum Gasteiger partial charge on any atom is -0.508 e. The van der Waals surface area contributed by atoms with Gasteiger partial charge in [0.25, 0.3) is 0 Å². The first kappa shape index (κ1) is 15.4. The summed E-state index contributed by atoms with van der Waals surface area (Å²) in [6, 6.07) is 6.14. The molecule has 21 heavy (non-hydrogen) atoms. The number of aryl methyl sites for hydroxylation is 3. The molecule has 112 valence electrons. The van der Waals surface area contributed by atoms with Crippen molar-refractivity contribution < 1.29 is 18.6 Å². The molecule has 0 fully saturated rings. The van der Waals surface area contributed by atoms with Crippen molar-refractivity contribution in [1.29, 1.82) is 0 Å². The van der Waals surface area contributed by atoms with Crippen LogP contribution >= 0.6 is 0 Å². The standard InChI is InChI=1S/C16H18O4S/c1-9-5-11(3)16(14(18)7-9)21(19,20)15-8-10(2)6-13(17)12(15)4/h5-8,17-18H,1-4H3. The number of sulfone groups is 1. The summed E-state index contributed by atoms with van der Waals surface area (Å²) in [6.07, 6.45) is 0. The van der Waals surface area contributed by atoms with Crippen LogP contribution < -0.4 is 0 Å². The maximum Gasteiger partial charge on any atom is 0.210 e. The van der Waals surface area contributed by atoms with Gasteiger partial charge in [-0.25, -0.2) is 8.42 Å². The molecule has 0 aromatic heterocycles. The van der Waals surface area contributed by atoms with E-state index in [2.05, 4.69) is 0 Å². The molecule has 0 aliphatic heterocycles. The van der Waals surface area contributed by atoms with Crippen molar-refractivity contribution in [1.82, 2.24) is 0 Å². The Bertz CT molecular complexity index is 797. The molecule has 0 spiro atoms. The van der Waals surface area contributed by atoms with Gasteiger partial charge in [-0.1, -0.05) is 6.07 Å². The first-order valence-corrected chi connectivity index (χ1v) is 7.98. The Morgan fingerprint density at radius 1 is 0.810 bits per heavy atom. The van der Waals surface area contributed by atoms with E-state index in [0.717, 1.165) is 5.56 Å². The highest BCUT2D eigenvalue weighted by atomic mass is 32.2. The highest BCUT2D eigenvalue weighted by molar-refractivity contribution is 7.91. The predicted molar refractivity (Wildman–Crippen MR) is 80.6 cm³/mol. The van der Waals surface area contributed by atoms with Gasteiger partial charge in [0.2, 0.25) is 9.84 Å². The van der Waals surface area contributed by atoms with Gasteiger partial charge in [0.1, 0.15) is 16.4 Å². The summed E-state index contributed by atoms with van der Waals surface area (Å²) < 4.78 is 25.7. The second-order valence-electron chi connectivity index (χ2n) is 5.34. The second kappa shape index (κ2) is 5.07. The lowest BCUT2D eigenvalue weighted by atomic mass is 10.1. The van der Waals surface area contributed by atoms with Crippen LogP contribution in [-0.4, -0.2) is 18.6 Å². The zero-order valence-corrected chi connectivity index (χ0v) is 13.2. The van der Waals surface area contributed by atoms with E-state index in [9.17, 15) is 18.6 Å². The summed E-state index contributed by atoms with van der Waals surface area (Å²) in [5.41, 5.74) is 2.18. The molecule has 0 amide bonds. The summed E-state index contributed by atoms with van der Waals surface area (Å²) in [6.45, 7) is 6.68. The Balaban J connectivity index is 2.81. The number of phenols is 2. The van der Waals surface area contributed by atoms with Crippen LogP contribution in [-0.2, 0) is 9.84 Å². The summed E-state index contributed by atoms with van der Waals surface area (Å²) in [5.74, 6) is -0.342. The zero-order chi connectivity index (χ0) is 15.9. The number of aromatic hydroxyl groups is 2. The summed E-state index contributed by atoms with van der Waals surface area (Å²) in [7, 11) is -3.90. The van der Waals surface area contributed by atoms with E-state index in [4.69, 9.17) is 0 Å². The van der Waals surface area contributed by atoms with E-state index >= 15 is 0 Å². The van der Waals surface area contributed by atoms with E-state index in [0.29, 0.717) is 11.1 Å². The fraction of sp³-hybridized carbons (Fsp3) is 0.250. The quantitative estimate of drug-likeness (QED) is 0.893. The molecule has 0 heterocycles. The highest BCUT2D eigenvalue weighted by Crippen LogP contribution is 2.36. The van der Waals surface area contributed by atoms with Crippen molar-refractivity contribution in [2.24, 2.45) is 0 Å². The van der Waals surface area contributed by atoms with Crippen LogP contribution in [0.25, 0.3) is 0 Å². The van der Waals surface area contributed by atoms with E-state index in [-0.39, 0.29) is 26.9 Å². The largest absolute Gasteiger partial charge is 0.508 e. The maximum absolute atomic E-state index is 12.8. The van der Waals surface area contributed by atoms with Crippen molar-refractivity contribution in [3.8, 4) is 11.5 Å². The third-order valence-electron chi connectivity index (χ3n) is 3.43. The molecule has 0 aliphatic carbocycles. The highest BCUT2D eigenvalue weighted by Gasteiger charge is 2.27. The summed E-state index contributed by atoms with van der Waals surface area (Å²) >= 11 is 0. The number of hydrogen-bond acceptors (Lipinski definition) is 4. The predicted octanol–water partition coefficient (Wildman–Crippen LogP) is 3.16. The second-order valence-corrected chi connectivity index (χ2v) is 7.20. The van der Waals surface area contributed by atoms with Gasteiger partial charge in [-0.3, -0.25) is 0 Å². The molecule has 2 rings (SSSR count). The van der Waals surface area contributed by atoms with Crippen LogP contribution in [0.15, 0.2) is 34.1 Å². The fourth-order valence-electron chi connectivity index (χ4n) is 2.48. The third-order valence-corrected chi connectivity index (χ3v) is 5.51. The average Bonchev–Trinajstić information content (AvgIpc) is 2.31. The number of phenolic OH excluding ortho intramolecular Hbond substituents is 2. The number of rotatable bonds is 2. The minimum absolute atomic E-state index is 0.0160. The van der Waals surface area contributed by atoms with Crippen molar-refractivity contribution in [3.05, 3.63) is 46.5 Å². The van der Waals surface area contributed by atoms with Crippen molar-refractivity contribution in [3.63, 3.8) is 0 Å². The molecule has 4 nitrogen and oxygen atoms in total. The maximum atomic E-state index is 12.8. The Morgan fingerprint density at radius 3 is 1.90 bits per heavy atom. The molecule has 0 radical (unpaired) electrons. The smallest absolute Gasteiger partial charge is 0.210 e. The number of benzene rings is 2. The van der Waals surface area contributed by atoms with E-state index in [1.807, 2.05) is 0 Å². The van der Waals surface area contributed by atoms with Crippen LogP contribution in [0.1, 0.15) is 22.3 Å². The van der Waals surface area contributed by atoms with Gasteiger partial charge in [-0.05, 0) is 62.6 Å². The lowest BCUT2D eigenvalue weighted by molar-refractivity contribution is 0.456. The molecule has 2 aromatic rings. The van der Waals surface area contributed by atoms with Crippen LogP contribution in [0.4, 0.5) is 0 Å². The SMILES string of the molecule is Cc1cc(C)c(S(=O)(=O)c2cc(C)cc(O)c2C)c(O)c1. The first-order valence-electron chi connectivity index (χ1n) is 6.50. The van der Waals surface area contributed by atoms with Gasteiger partial charge < -0.3 is 10.2 Å². The van der Waals surface area contributed by atoms with Gasteiger partial charge in [-0.15, -0.1) is 0 Å². The topological polar surface area (TPSA) is 74.6 Å². The lowest BCUT2D eigenvalue weighted by Gasteiger charge is -2.14. The fourth-order valence-corrected chi connectivity index (χ4v) is 4.36. The molecule has 5 heteroatoms. The lowest BCUT2D eigenvalue weighted by Crippen LogP contribution is -2.07. The van der Waals surface area contributed by atoms with Gasteiger partial charge in [0.05, 0.1) is 4.90 Å². The average molecular weight is 306 g/mol. The molecular formula is C16H18O4S. The van der Waals surface area contributed by atoms with Crippen LogP contribution in [0, 0.1) is 27.7 Å². The first-order chi connectivity index (χ1) is 9.64. The van der Waals surface area contributed by atoms with E-state index in [1.54, 1.807) is 33.8 Å². The third kappa shape index (κ3) is 2.61. The van der Waals surface area contributed by atoms with Crippen LogP contribution in [0.5, 0.6) is 11.5 Å². The number of hydrogen-bond donors (Lipinski definition) is 2. The van der Waals surface area contributed by atoms with Gasteiger partial charge in [0, 0.05) is 5.56 Å².